The maximum Gasteiger partial charge on any atom is 0.338 e. The molecule has 0 bridgehead atoms. The fourth-order valence-electron chi connectivity index (χ4n) is 1.49. The van der Waals surface area contributed by atoms with Gasteiger partial charge in [-0.2, -0.15) is 0 Å². The molecule has 3 N–H and O–H groups in total. The molecule has 0 amide bonds. The second-order valence-electron chi connectivity index (χ2n) is 3.88. The Kier molecular flexibility index (Phi) is 6.35. The Balaban J connectivity index is 2.69. The first kappa shape index (κ1) is 15.5. The Hall–Kier alpha value is -1.56. The summed E-state index contributed by atoms with van der Waals surface area (Å²) in [7, 11) is -0.819. The van der Waals surface area contributed by atoms with E-state index in [2.05, 4.69) is 5.32 Å². The fraction of sp³-hybridized carbons (Fsp3) is 0.462. The average Bonchev–Trinajstić information content (AvgIpc) is 2.40. The van der Waals surface area contributed by atoms with Gasteiger partial charge in [-0.25, -0.2) is 4.79 Å². The molecule has 0 aliphatic rings. The third-order valence-corrected chi connectivity index (χ3v) is 3.84. The van der Waals surface area contributed by atoms with E-state index in [1.807, 2.05) is 6.92 Å². The molecular weight excluding hydrogens is 264 g/mol. The summed E-state index contributed by atoms with van der Waals surface area (Å²) in [5, 5.41) is 3.09. The van der Waals surface area contributed by atoms with Crippen LogP contribution >= 0.6 is 0 Å². The minimum atomic E-state index is -0.819. The van der Waals surface area contributed by atoms with Crippen LogP contribution in [0.4, 0.5) is 11.4 Å². The number of hydrogen-bond donors (Lipinski definition) is 2. The third kappa shape index (κ3) is 4.90. The summed E-state index contributed by atoms with van der Waals surface area (Å²) >= 11 is 0. The highest BCUT2D eigenvalue weighted by atomic mass is 32.2. The van der Waals surface area contributed by atoms with Crippen LogP contribution in [0.3, 0.4) is 0 Å². The number of ether oxygens (including phenoxy) is 1. The van der Waals surface area contributed by atoms with Crippen LogP contribution in [-0.2, 0) is 15.5 Å². The number of esters is 1. The lowest BCUT2D eigenvalue weighted by atomic mass is 10.1. The maximum absolute atomic E-state index is 11.6. The van der Waals surface area contributed by atoms with Crippen molar-refractivity contribution < 1.29 is 13.7 Å². The van der Waals surface area contributed by atoms with Crippen LogP contribution in [0.5, 0.6) is 0 Å². The summed E-state index contributed by atoms with van der Waals surface area (Å²) < 4.78 is 16.2. The molecular formula is C13H20N2O3S. The van der Waals surface area contributed by atoms with Gasteiger partial charge >= 0.3 is 5.97 Å². The molecule has 0 saturated heterocycles. The summed E-state index contributed by atoms with van der Waals surface area (Å²) in [5.41, 5.74) is 7.49. The molecule has 0 heterocycles. The van der Waals surface area contributed by atoms with Gasteiger partial charge in [-0.15, -0.1) is 0 Å². The smallest absolute Gasteiger partial charge is 0.338 e. The number of carbonyl (C=O) groups is 1. The number of benzene rings is 1. The number of rotatable bonds is 7. The van der Waals surface area contributed by atoms with Crippen LogP contribution in [0, 0.1) is 0 Å². The van der Waals surface area contributed by atoms with Gasteiger partial charge in [0.25, 0.3) is 0 Å². The van der Waals surface area contributed by atoms with E-state index in [1.54, 1.807) is 25.1 Å². The van der Waals surface area contributed by atoms with Crippen LogP contribution < -0.4 is 11.1 Å². The largest absolute Gasteiger partial charge is 0.462 e. The second-order valence-corrected chi connectivity index (χ2v) is 5.75. The zero-order chi connectivity index (χ0) is 14.3. The van der Waals surface area contributed by atoms with E-state index in [0.717, 1.165) is 0 Å². The van der Waals surface area contributed by atoms with Crippen molar-refractivity contribution in [3.63, 3.8) is 0 Å². The Morgan fingerprint density at radius 2 is 2.16 bits per heavy atom. The minimum absolute atomic E-state index is 0.335. The Morgan fingerprint density at radius 3 is 2.79 bits per heavy atom. The first-order valence-corrected chi connectivity index (χ1v) is 7.72. The Bertz CT molecular complexity index is 463. The number of hydrogen-bond acceptors (Lipinski definition) is 5. The van der Waals surface area contributed by atoms with Crippen molar-refractivity contribution in [3.05, 3.63) is 23.8 Å². The van der Waals surface area contributed by atoms with Gasteiger partial charge in [-0.05, 0) is 25.1 Å². The SMILES string of the molecule is CCOC(=O)c1ccc(N)c(NCCS(=O)CC)c1. The molecule has 1 rings (SSSR count). The van der Waals surface area contributed by atoms with E-state index >= 15 is 0 Å². The second kappa shape index (κ2) is 7.78. The molecule has 0 saturated carbocycles. The summed E-state index contributed by atoms with van der Waals surface area (Å²) in [6.45, 7) is 4.53. The number of nitrogen functional groups attached to an aromatic ring is 1. The van der Waals surface area contributed by atoms with Gasteiger partial charge in [-0.3, -0.25) is 4.21 Å². The van der Waals surface area contributed by atoms with Crippen molar-refractivity contribution in [1.82, 2.24) is 0 Å². The summed E-state index contributed by atoms with van der Waals surface area (Å²) in [5.74, 6) is 0.822. The summed E-state index contributed by atoms with van der Waals surface area (Å²) in [6.07, 6.45) is 0. The van der Waals surface area contributed by atoms with Crippen LogP contribution in [0.2, 0.25) is 0 Å². The van der Waals surface area contributed by atoms with E-state index in [-0.39, 0.29) is 5.97 Å². The number of carbonyl (C=O) groups excluding carboxylic acids is 1. The monoisotopic (exact) mass is 284 g/mol. The van der Waals surface area contributed by atoms with E-state index < -0.39 is 10.8 Å². The standard InChI is InChI=1S/C13H20N2O3S/c1-3-18-13(16)10-5-6-11(14)12(9-10)15-7-8-19(17)4-2/h5-6,9,15H,3-4,7-8,14H2,1-2H3. The highest BCUT2D eigenvalue weighted by molar-refractivity contribution is 7.84. The number of nitrogens with one attached hydrogen (secondary N) is 1. The zero-order valence-electron chi connectivity index (χ0n) is 11.3. The molecule has 6 heteroatoms. The maximum atomic E-state index is 11.6. The van der Waals surface area contributed by atoms with E-state index in [1.165, 1.54) is 0 Å². The third-order valence-electron chi connectivity index (χ3n) is 2.53. The molecule has 0 spiro atoms. The predicted molar refractivity (Wildman–Crippen MR) is 78.9 cm³/mol. The molecule has 0 radical (unpaired) electrons. The van der Waals surface area contributed by atoms with Gasteiger partial charge in [0.15, 0.2) is 0 Å². The summed E-state index contributed by atoms with van der Waals surface area (Å²) in [6, 6.07) is 4.94. The highest BCUT2D eigenvalue weighted by Gasteiger charge is 2.09. The van der Waals surface area contributed by atoms with Crippen molar-refractivity contribution in [2.45, 2.75) is 13.8 Å². The number of anilines is 2. The molecule has 1 aromatic carbocycles. The van der Waals surface area contributed by atoms with Gasteiger partial charge in [0.2, 0.25) is 0 Å². The van der Waals surface area contributed by atoms with Crippen molar-refractivity contribution in [2.75, 3.05) is 35.7 Å². The highest BCUT2D eigenvalue weighted by Crippen LogP contribution is 2.20. The van der Waals surface area contributed by atoms with Crippen LogP contribution in [-0.4, -0.2) is 34.8 Å². The van der Waals surface area contributed by atoms with Gasteiger partial charge in [0.1, 0.15) is 0 Å². The molecule has 19 heavy (non-hydrogen) atoms. The molecule has 0 aliphatic heterocycles. The predicted octanol–water partition coefficient (Wildman–Crippen LogP) is 1.63. The number of nitrogens with two attached hydrogens (primary N) is 1. The van der Waals surface area contributed by atoms with E-state index in [0.29, 0.717) is 41.6 Å². The molecule has 1 atom stereocenters. The van der Waals surface area contributed by atoms with E-state index in [9.17, 15) is 9.00 Å². The average molecular weight is 284 g/mol. The molecule has 1 unspecified atom stereocenters. The van der Waals surface area contributed by atoms with Crippen molar-refractivity contribution in [3.8, 4) is 0 Å². The first-order chi connectivity index (χ1) is 9.08. The van der Waals surface area contributed by atoms with Gasteiger partial charge in [0, 0.05) is 28.9 Å². The lowest BCUT2D eigenvalue weighted by molar-refractivity contribution is 0.0526. The van der Waals surface area contributed by atoms with Gasteiger partial charge in [-0.1, -0.05) is 6.92 Å². The molecule has 0 aliphatic carbocycles. The van der Waals surface area contributed by atoms with Crippen LogP contribution in [0.25, 0.3) is 0 Å². The van der Waals surface area contributed by atoms with Crippen molar-refractivity contribution in [2.24, 2.45) is 0 Å². The van der Waals surface area contributed by atoms with Crippen molar-refractivity contribution in [1.29, 1.82) is 0 Å². The van der Waals surface area contributed by atoms with Crippen LogP contribution in [0.1, 0.15) is 24.2 Å². The van der Waals surface area contributed by atoms with Crippen LogP contribution in [0.15, 0.2) is 18.2 Å². The molecule has 0 fully saturated rings. The first-order valence-electron chi connectivity index (χ1n) is 6.24. The molecule has 0 aromatic heterocycles. The molecule has 5 nitrogen and oxygen atoms in total. The van der Waals surface area contributed by atoms with Gasteiger partial charge < -0.3 is 15.8 Å². The molecule has 106 valence electrons. The summed E-state index contributed by atoms with van der Waals surface area (Å²) in [4.78, 5) is 11.6. The van der Waals surface area contributed by atoms with Gasteiger partial charge in [0.05, 0.1) is 23.5 Å². The lowest BCUT2D eigenvalue weighted by Gasteiger charge is -2.10. The zero-order valence-corrected chi connectivity index (χ0v) is 12.1. The molecule has 1 aromatic rings. The lowest BCUT2D eigenvalue weighted by Crippen LogP contribution is -2.13. The quantitative estimate of drug-likeness (QED) is 0.587. The fourth-order valence-corrected chi connectivity index (χ4v) is 2.11. The topological polar surface area (TPSA) is 81.4 Å². The van der Waals surface area contributed by atoms with E-state index in [4.69, 9.17) is 10.5 Å². The Morgan fingerprint density at radius 1 is 1.42 bits per heavy atom. The Labute approximate surface area is 116 Å². The minimum Gasteiger partial charge on any atom is -0.462 e. The van der Waals surface area contributed by atoms with Crippen molar-refractivity contribution >= 4 is 28.1 Å². The normalized spacial score (nSPS) is 11.9.